The molecule has 5 heteroatoms. The van der Waals surface area contributed by atoms with Crippen LogP contribution in [0.1, 0.15) is 34.8 Å². The number of aryl methyl sites for hydroxylation is 2. The normalized spacial score (nSPS) is 13.0. The molecular weight excluding hydrogens is 346 g/mol. The smallest absolute Gasteiger partial charge is 0.194 e. The Morgan fingerprint density at radius 3 is 2.71 bits per heavy atom. The largest absolute Gasteiger partial charge is 0.305 e. The van der Waals surface area contributed by atoms with E-state index in [0.29, 0.717) is 6.04 Å². The molecule has 0 unspecified atom stereocenters. The predicted octanol–water partition coefficient (Wildman–Crippen LogP) is 4.63. The number of nitrogens with zero attached hydrogens (tertiary/aromatic N) is 2. The van der Waals surface area contributed by atoms with Crippen molar-refractivity contribution in [3.05, 3.63) is 56.8 Å². The van der Waals surface area contributed by atoms with Gasteiger partial charge >= 0.3 is 0 Å². The maximum absolute atomic E-state index is 4.63. The van der Waals surface area contributed by atoms with Crippen molar-refractivity contribution in [2.24, 2.45) is 0 Å². The predicted molar refractivity (Wildman–Crippen MR) is 91.9 cm³/mol. The second-order valence-electron chi connectivity index (χ2n) is 5.29. The van der Waals surface area contributed by atoms with Gasteiger partial charge in [0.25, 0.3) is 0 Å². The van der Waals surface area contributed by atoms with Gasteiger partial charge < -0.3 is 5.32 Å². The molecule has 0 aliphatic rings. The Balaban J connectivity index is 1.76. The van der Waals surface area contributed by atoms with Crippen molar-refractivity contribution in [1.29, 1.82) is 0 Å². The van der Waals surface area contributed by atoms with Crippen molar-refractivity contribution in [1.82, 2.24) is 14.7 Å². The van der Waals surface area contributed by atoms with Crippen molar-refractivity contribution in [2.45, 2.75) is 33.4 Å². The van der Waals surface area contributed by atoms with E-state index in [-0.39, 0.29) is 0 Å². The van der Waals surface area contributed by atoms with Crippen molar-refractivity contribution in [2.75, 3.05) is 0 Å². The number of thiazole rings is 1. The summed E-state index contributed by atoms with van der Waals surface area (Å²) in [5.41, 5.74) is 3.65. The molecule has 3 aromatic rings. The molecule has 0 fully saturated rings. The van der Waals surface area contributed by atoms with Gasteiger partial charge in [-0.3, -0.25) is 4.40 Å². The Bertz CT molecular complexity index is 758. The fourth-order valence-corrected chi connectivity index (χ4v) is 3.60. The van der Waals surface area contributed by atoms with E-state index in [2.05, 4.69) is 81.9 Å². The third-order valence-electron chi connectivity index (χ3n) is 3.69. The van der Waals surface area contributed by atoms with Gasteiger partial charge in [0, 0.05) is 28.1 Å². The third kappa shape index (κ3) is 3.05. The van der Waals surface area contributed by atoms with E-state index in [1.54, 1.807) is 11.3 Å². The monoisotopic (exact) mass is 363 g/mol. The summed E-state index contributed by atoms with van der Waals surface area (Å²) in [6, 6.07) is 8.77. The van der Waals surface area contributed by atoms with E-state index < -0.39 is 0 Å². The second-order valence-corrected chi connectivity index (χ2v) is 7.42. The summed E-state index contributed by atoms with van der Waals surface area (Å²) in [5, 5.41) is 3.59. The molecule has 1 atom stereocenters. The molecule has 21 heavy (non-hydrogen) atoms. The second kappa shape index (κ2) is 5.91. The Kier molecular flexibility index (Phi) is 4.15. The highest BCUT2D eigenvalue weighted by Crippen LogP contribution is 2.22. The highest BCUT2D eigenvalue weighted by molar-refractivity contribution is 9.10. The lowest BCUT2D eigenvalue weighted by molar-refractivity contribution is 0.564. The van der Waals surface area contributed by atoms with Crippen molar-refractivity contribution in [3.63, 3.8) is 0 Å². The lowest BCUT2D eigenvalue weighted by atomic mass is 10.1. The summed E-state index contributed by atoms with van der Waals surface area (Å²) in [6.45, 7) is 7.21. The number of benzene rings is 1. The van der Waals surface area contributed by atoms with Crippen LogP contribution in [-0.4, -0.2) is 9.38 Å². The van der Waals surface area contributed by atoms with Gasteiger partial charge in [0.05, 0.1) is 11.4 Å². The zero-order valence-corrected chi connectivity index (χ0v) is 14.8. The third-order valence-corrected chi connectivity index (χ3v) is 5.11. The summed E-state index contributed by atoms with van der Waals surface area (Å²) in [4.78, 5) is 7.00. The lowest BCUT2D eigenvalue weighted by Crippen LogP contribution is -2.19. The zero-order chi connectivity index (χ0) is 15.0. The number of nitrogens with one attached hydrogen (secondary N) is 1. The van der Waals surface area contributed by atoms with Crippen LogP contribution in [-0.2, 0) is 6.54 Å². The molecule has 0 saturated carbocycles. The quantitative estimate of drug-likeness (QED) is 0.732. The van der Waals surface area contributed by atoms with Crippen LogP contribution in [0.2, 0.25) is 0 Å². The standard InChI is InChI=1S/C16H18BrN3S/c1-10-9-20-15(12(3)19-16(20)21-10)8-18-11(2)13-4-6-14(17)7-5-13/h4-7,9,11,18H,8H2,1-3H3/t11-/m1/s1. The first-order valence-corrected chi connectivity index (χ1v) is 8.58. The van der Waals surface area contributed by atoms with E-state index in [4.69, 9.17) is 0 Å². The van der Waals surface area contributed by atoms with Gasteiger partial charge in [-0.25, -0.2) is 4.98 Å². The number of hydrogen-bond acceptors (Lipinski definition) is 3. The highest BCUT2D eigenvalue weighted by Gasteiger charge is 2.12. The van der Waals surface area contributed by atoms with Gasteiger partial charge in [-0.15, -0.1) is 11.3 Å². The Hall–Kier alpha value is -1.17. The van der Waals surface area contributed by atoms with E-state index in [9.17, 15) is 0 Å². The van der Waals surface area contributed by atoms with Crippen LogP contribution in [0, 0.1) is 13.8 Å². The van der Waals surface area contributed by atoms with Gasteiger partial charge in [-0.2, -0.15) is 0 Å². The molecule has 2 heterocycles. The van der Waals surface area contributed by atoms with E-state index >= 15 is 0 Å². The molecule has 2 aromatic heterocycles. The molecule has 3 rings (SSSR count). The molecule has 0 bridgehead atoms. The molecule has 0 aliphatic heterocycles. The zero-order valence-electron chi connectivity index (χ0n) is 12.4. The van der Waals surface area contributed by atoms with Crippen LogP contribution in [0.4, 0.5) is 0 Å². The van der Waals surface area contributed by atoms with Crippen LogP contribution < -0.4 is 5.32 Å². The maximum Gasteiger partial charge on any atom is 0.194 e. The number of imidazole rings is 1. The van der Waals surface area contributed by atoms with Crippen molar-refractivity contribution < 1.29 is 0 Å². The minimum Gasteiger partial charge on any atom is -0.305 e. The van der Waals surface area contributed by atoms with Crippen molar-refractivity contribution in [3.8, 4) is 0 Å². The summed E-state index contributed by atoms with van der Waals surface area (Å²) in [7, 11) is 0. The maximum atomic E-state index is 4.63. The highest BCUT2D eigenvalue weighted by atomic mass is 79.9. The van der Waals surface area contributed by atoms with Crippen molar-refractivity contribution >= 4 is 32.2 Å². The molecule has 0 amide bonds. The molecule has 1 aromatic carbocycles. The molecule has 0 radical (unpaired) electrons. The number of fused-ring (bicyclic) bond motifs is 1. The summed E-state index contributed by atoms with van der Waals surface area (Å²) in [6.07, 6.45) is 2.17. The van der Waals surface area contributed by atoms with Gasteiger partial charge in [0.2, 0.25) is 0 Å². The summed E-state index contributed by atoms with van der Waals surface area (Å²) < 4.78 is 3.32. The fourth-order valence-electron chi connectivity index (χ4n) is 2.44. The number of halogens is 1. The summed E-state index contributed by atoms with van der Waals surface area (Å²) in [5.74, 6) is 0. The number of hydrogen-bond donors (Lipinski definition) is 1. The van der Waals surface area contributed by atoms with Crippen LogP contribution in [0.25, 0.3) is 4.96 Å². The SMILES string of the molecule is Cc1cn2c(CN[C@H](C)c3ccc(Br)cc3)c(C)nc2s1. The topological polar surface area (TPSA) is 29.3 Å². The Labute approximate surface area is 137 Å². The molecule has 110 valence electrons. The fraction of sp³-hybridized carbons (Fsp3) is 0.312. The van der Waals surface area contributed by atoms with Crippen LogP contribution in [0.3, 0.4) is 0 Å². The first kappa shape index (κ1) is 14.8. The average molecular weight is 364 g/mol. The van der Waals surface area contributed by atoms with Gasteiger partial charge in [-0.05, 0) is 38.5 Å². The first-order chi connectivity index (χ1) is 10.0. The lowest BCUT2D eigenvalue weighted by Gasteiger charge is -2.14. The first-order valence-electron chi connectivity index (χ1n) is 6.97. The van der Waals surface area contributed by atoms with E-state index in [1.807, 2.05) is 0 Å². The molecular formula is C16H18BrN3S. The molecule has 0 spiro atoms. The molecule has 0 saturated heterocycles. The van der Waals surface area contributed by atoms with E-state index in [1.165, 1.54) is 16.1 Å². The van der Waals surface area contributed by atoms with Crippen LogP contribution in [0.15, 0.2) is 34.9 Å². The number of rotatable bonds is 4. The summed E-state index contributed by atoms with van der Waals surface area (Å²) >= 11 is 5.21. The van der Waals surface area contributed by atoms with Gasteiger partial charge in [0.15, 0.2) is 4.96 Å². The minimum absolute atomic E-state index is 0.308. The molecule has 0 aliphatic carbocycles. The van der Waals surface area contributed by atoms with E-state index in [0.717, 1.165) is 21.7 Å². The number of aromatic nitrogens is 2. The van der Waals surface area contributed by atoms with Gasteiger partial charge in [0.1, 0.15) is 0 Å². The Morgan fingerprint density at radius 2 is 2.00 bits per heavy atom. The van der Waals surface area contributed by atoms with Crippen LogP contribution >= 0.6 is 27.3 Å². The Morgan fingerprint density at radius 1 is 1.29 bits per heavy atom. The molecule has 3 nitrogen and oxygen atoms in total. The van der Waals surface area contributed by atoms with Gasteiger partial charge in [-0.1, -0.05) is 28.1 Å². The van der Waals surface area contributed by atoms with Crippen LogP contribution in [0.5, 0.6) is 0 Å². The molecule has 1 N–H and O–H groups in total. The minimum atomic E-state index is 0.308. The average Bonchev–Trinajstić information content (AvgIpc) is 2.92.